The molecule has 4 aliphatic rings. The van der Waals surface area contributed by atoms with Crippen molar-refractivity contribution in [2.75, 3.05) is 0 Å². The Morgan fingerprint density at radius 1 is 1.10 bits per heavy atom. The van der Waals surface area contributed by atoms with E-state index in [1.807, 2.05) is 0 Å². The standard InChI is InChI=1S/C22H28ClF2N3O3/c1-20(2,3)31-18(30)22(13-6-11-5-12(8-13)9-14(22)7-11)28-17(29)15-10-26-19(23)27-16(15)21(4,24)25/h10-14H,5-9H2,1-4H3,(H,28,29). The van der Waals surface area contributed by atoms with Gasteiger partial charge in [0.1, 0.15) is 16.8 Å². The van der Waals surface area contributed by atoms with Crippen LogP contribution in [0, 0.1) is 23.7 Å². The number of aromatic nitrogens is 2. The van der Waals surface area contributed by atoms with Crippen LogP contribution in [0.1, 0.15) is 75.9 Å². The van der Waals surface area contributed by atoms with Crippen molar-refractivity contribution in [3.05, 3.63) is 22.7 Å². The predicted molar refractivity (Wildman–Crippen MR) is 110 cm³/mol. The summed E-state index contributed by atoms with van der Waals surface area (Å²) < 4.78 is 34.1. The first kappa shape index (κ1) is 22.4. The Morgan fingerprint density at radius 3 is 2.13 bits per heavy atom. The number of nitrogens with zero attached hydrogens (tertiary/aromatic N) is 2. The number of hydrogen-bond donors (Lipinski definition) is 1. The Kier molecular flexibility index (Phi) is 5.31. The third-order valence-electron chi connectivity index (χ3n) is 6.90. The molecular weight excluding hydrogens is 428 g/mol. The molecule has 4 fully saturated rings. The minimum Gasteiger partial charge on any atom is -0.458 e. The van der Waals surface area contributed by atoms with Crippen molar-refractivity contribution >= 4 is 23.5 Å². The number of alkyl halides is 2. The fourth-order valence-corrected chi connectivity index (χ4v) is 6.13. The van der Waals surface area contributed by atoms with Crippen molar-refractivity contribution in [2.24, 2.45) is 23.7 Å². The second kappa shape index (κ2) is 7.36. The van der Waals surface area contributed by atoms with E-state index in [0.29, 0.717) is 18.8 Å². The van der Waals surface area contributed by atoms with Crippen molar-refractivity contribution in [1.29, 1.82) is 0 Å². The molecule has 1 aromatic heterocycles. The SMILES string of the molecule is CC(C)(C)OC(=O)C1(NC(=O)c2cnc(Cl)nc2C(C)(F)F)C2CC3CC(C2)CC1C3. The number of ether oxygens (including phenoxy) is 1. The summed E-state index contributed by atoms with van der Waals surface area (Å²) in [5, 5.41) is 2.51. The molecule has 4 saturated carbocycles. The van der Waals surface area contributed by atoms with Crippen LogP contribution in [0.3, 0.4) is 0 Å². The van der Waals surface area contributed by atoms with Crippen LogP contribution in [0.15, 0.2) is 6.20 Å². The molecular formula is C22H28ClF2N3O3. The van der Waals surface area contributed by atoms with Gasteiger partial charge < -0.3 is 10.1 Å². The smallest absolute Gasteiger partial charge is 0.332 e. The largest absolute Gasteiger partial charge is 0.458 e. The van der Waals surface area contributed by atoms with Gasteiger partial charge in [0.25, 0.3) is 11.8 Å². The zero-order chi connectivity index (χ0) is 22.8. The molecule has 5 rings (SSSR count). The fraction of sp³-hybridized carbons (Fsp3) is 0.727. The lowest BCUT2D eigenvalue weighted by Crippen LogP contribution is -2.71. The Balaban J connectivity index is 1.73. The number of halogens is 3. The van der Waals surface area contributed by atoms with Gasteiger partial charge in [-0.3, -0.25) is 4.79 Å². The maximum atomic E-state index is 14.2. The molecule has 0 saturated heterocycles. The molecule has 4 bridgehead atoms. The van der Waals surface area contributed by atoms with E-state index in [0.717, 1.165) is 38.3 Å². The zero-order valence-corrected chi connectivity index (χ0v) is 18.9. The van der Waals surface area contributed by atoms with Gasteiger partial charge in [0, 0.05) is 13.1 Å². The summed E-state index contributed by atoms with van der Waals surface area (Å²) in [6.45, 7) is 5.98. The topological polar surface area (TPSA) is 81.2 Å². The third kappa shape index (κ3) is 4.03. The quantitative estimate of drug-likeness (QED) is 0.533. The number of carbonyl (C=O) groups excluding carboxylic acids is 2. The summed E-state index contributed by atoms with van der Waals surface area (Å²) >= 11 is 5.71. The zero-order valence-electron chi connectivity index (χ0n) is 18.2. The molecule has 1 heterocycles. The first-order valence-electron chi connectivity index (χ1n) is 10.8. The average Bonchev–Trinajstić information content (AvgIpc) is 2.61. The summed E-state index contributed by atoms with van der Waals surface area (Å²) in [5.41, 5.74) is -3.12. The van der Waals surface area contributed by atoms with Gasteiger partial charge in [-0.25, -0.2) is 14.8 Å². The van der Waals surface area contributed by atoms with Crippen molar-refractivity contribution < 1.29 is 23.1 Å². The summed E-state index contributed by atoms with van der Waals surface area (Å²) in [5.74, 6) is -3.78. The van der Waals surface area contributed by atoms with E-state index in [4.69, 9.17) is 16.3 Å². The number of amides is 1. The lowest BCUT2D eigenvalue weighted by Gasteiger charge is -2.59. The van der Waals surface area contributed by atoms with Gasteiger partial charge in [-0.1, -0.05) is 0 Å². The maximum absolute atomic E-state index is 14.2. The van der Waals surface area contributed by atoms with Crippen LogP contribution in [0.2, 0.25) is 5.28 Å². The van der Waals surface area contributed by atoms with Gasteiger partial charge in [0.05, 0.1) is 5.56 Å². The highest BCUT2D eigenvalue weighted by Gasteiger charge is 2.63. The molecule has 31 heavy (non-hydrogen) atoms. The van der Waals surface area contributed by atoms with Crippen LogP contribution >= 0.6 is 11.6 Å². The van der Waals surface area contributed by atoms with E-state index < -0.39 is 34.6 Å². The van der Waals surface area contributed by atoms with E-state index in [-0.39, 0.29) is 22.7 Å². The van der Waals surface area contributed by atoms with Gasteiger partial charge in [0.15, 0.2) is 0 Å². The van der Waals surface area contributed by atoms with Crippen LogP contribution in [-0.4, -0.2) is 33.0 Å². The minimum absolute atomic E-state index is 0.0821. The van der Waals surface area contributed by atoms with E-state index in [2.05, 4.69) is 15.3 Å². The highest BCUT2D eigenvalue weighted by molar-refractivity contribution is 6.28. The predicted octanol–water partition coefficient (Wildman–Crippen LogP) is 4.51. The lowest BCUT2D eigenvalue weighted by atomic mass is 9.48. The van der Waals surface area contributed by atoms with Crippen LogP contribution in [0.25, 0.3) is 0 Å². The van der Waals surface area contributed by atoms with Crippen molar-refractivity contribution in [2.45, 2.75) is 76.9 Å². The number of carbonyl (C=O) groups is 2. The molecule has 0 radical (unpaired) electrons. The number of esters is 1. The summed E-state index contributed by atoms with van der Waals surface area (Å²) in [4.78, 5) is 34.2. The van der Waals surface area contributed by atoms with E-state index in [1.165, 1.54) is 0 Å². The highest BCUT2D eigenvalue weighted by atomic mass is 35.5. The van der Waals surface area contributed by atoms with Crippen LogP contribution < -0.4 is 5.32 Å². The molecule has 1 amide bonds. The molecule has 0 aromatic carbocycles. The van der Waals surface area contributed by atoms with Crippen molar-refractivity contribution in [3.63, 3.8) is 0 Å². The molecule has 0 unspecified atom stereocenters. The molecule has 1 aromatic rings. The summed E-state index contributed by atoms with van der Waals surface area (Å²) in [6.07, 6.45) is 5.43. The molecule has 0 spiro atoms. The van der Waals surface area contributed by atoms with Gasteiger partial charge in [0.2, 0.25) is 5.28 Å². The third-order valence-corrected chi connectivity index (χ3v) is 7.08. The molecule has 0 atom stereocenters. The molecule has 4 aliphatic carbocycles. The molecule has 0 aliphatic heterocycles. The second-order valence-corrected chi connectivity index (χ2v) is 10.8. The van der Waals surface area contributed by atoms with Gasteiger partial charge in [-0.05, 0) is 88.1 Å². The Hall–Kier alpha value is -1.83. The first-order chi connectivity index (χ1) is 14.3. The van der Waals surface area contributed by atoms with Gasteiger partial charge >= 0.3 is 5.97 Å². The van der Waals surface area contributed by atoms with E-state index in [9.17, 15) is 18.4 Å². The first-order valence-corrected chi connectivity index (χ1v) is 11.1. The van der Waals surface area contributed by atoms with E-state index in [1.54, 1.807) is 20.8 Å². The van der Waals surface area contributed by atoms with Crippen LogP contribution in [0.4, 0.5) is 8.78 Å². The maximum Gasteiger partial charge on any atom is 0.332 e. The highest BCUT2D eigenvalue weighted by Crippen LogP contribution is 2.59. The van der Waals surface area contributed by atoms with Crippen molar-refractivity contribution in [3.8, 4) is 0 Å². The normalized spacial score (nSPS) is 32.1. The second-order valence-electron chi connectivity index (χ2n) is 10.4. The van der Waals surface area contributed by atoms with Crippen LogP contribution in [-0.2, 0) is 15.5 Å². The molecule has 170 valence electrons. The lowest BCUT2D eigenvalue weighted by molar-refractivity contribution is -0.180. The number of nitrogens with one attached hydrogen (secondary N) is 1. The fourth-order valence-electron chi connectivity index (χ4n) is 5.99. The molecule has 6 nitrogen and oxygen atoms in total. The molecule has 1 N–H and O–H groups in total. The Bertz CT molecular complexity index is 882. The number of rotatable bonds is 4. The van der Waals surface area contributed by atoms with Gasteiger partial charge in [-0.2, -0.15) is 8.78 Å². The average molecular weight is 456 g/mol. The monoisotopic (exact) mass is 455 g/mol. The molecule has 9 heteroatoms. The van der Waals surface area contributed by atoms with Crippen LogP contribution in [0.5, 0.6) is 0 Å². The van der Waals surface area contributed by atoms with Crippen molar-refractivity contribution in [1.82, 2.24) is 15.3 Å². The number of hydrogen-bond acceptors (Lipinski definition) is 5. The summed E-state index contributed by atoms with van der Waals surface area (Å²) in [6, 6.07) is 0. The Labute approximate surface area is 185 Å². The minimum atomic E-state index is -3.40. The van der Waals surface area contributed by atoms with E-state index >= 15 is 0 Å². The summed E-state index contributed by atoms with van der Waals surface area (Å²) in [7, 11) is 0. The van der Waals surface area contributed by atoms with Gasteiger partial charge in [-0.15, -0.1) is 0 Å². The Morgan fingerprint density at radius 2 is 1.65 bits per heavy atom.